The lowest BCUT2D eigenvalue weighted by molar-refractivity contribution is 0.0983. The van der Waals surface area contributed by atoms with Crippen molar-refractivity contribution in [1.82, 2.24) is 4.98 Å². The maximum atomic E-state index is 13.3. The van der Waals surface area contributed by atoms with Crippen LogP contribution in [0.5, 0.6) is 5.75 Å². The fraction of sp³-hybridized carbons (Fsp3) is 0.143. The molecule has 0 aliphatic carbocycles. The van der Waals surface area contributed by atoms with Gasteiger partial charge in [-0.15, -0.1) is 0 Å². The van der Waals surface area contributed by atoms with Gasteiger partial charge in [0, 0.05) is 10.0 Å². The number of methoxy groups -OCH3 is 1. The number of ether oxygens (including phenoxy) is 1. The molecule has 0 spiro atoms. The number of carbonyl (C=O) groups excluding carboxylic acids is 1. The molecule has 0 saturated heterocycles. The van der Waals surface area contributed by atoms with E-state index in [0.29, 0.717) is 28.7 Å². The second kappa shape index (κ2) is 7.77. The predicted octanol–water partition coefficient (Wildman–Crippen LogP) is 5.82. The van der Waals surface area contributed by atoms with E-state index < -0.39 is 0 Å². The van der Waals surface area contributed by atoms with Crippen molar-refractivity contribution in [2.45, 2.75) is 13.5 Å². The van der Waals surface area contributed by atoms with Crippen LogP contribution in [-0.2, 0) is 6.54 Å². The third-order valence-electron chi connectivity index (χ3n) is 4.37. The highest BCUT2D eigenvalue weighted by Crippen LogP contribution is 2.37. The standard InChI is InChI=1S/C21H17BrN2O3S/c1-13-5-10-17(26-2)18-19(13)28-21(23-18)24(12-16-4-3-11-27-16)20(25)14-6-8-15(22)9-7-14/h3-11H,12H2,1-2H3. The lowest BCUT2D eigenvalue weighted by atomic mass is 10.2. The Morgan fingerprint density at radius 2 is 2.00 bits per heavy atom. The van der Waals surface area contributed by atoms with Gasteiger partial charge in [0.2, 0.25) is 0 Å². The highest BCUT2D eigenvalue weighted by molar-refractivity contribution is 9.10. The molecule has 28 heavy (non-hydrogen) atoms. The third-order valence-corrected chi connectivity index (χ3v) is 6.12. The minimum absolute atomic E-state index is 0.139. The van der Waals surface area contributed by atoms with Gasteiger partial charge in [0.25, 0.3) is 5.91 Å². The van der Waals surface area contributed by atoms with Gasteiger partial charge in [-0.05, 0) is 55.0 Å². The van der Waals surface area contributed by atoms with Crippen molar-refractivity contribution in [2.75, 3.05) is 12.0 Å². The fourth-order valence-corrected chi connectivity index (χ4v) is 4.23. The molecule has 0 bridgehead atoms. The van der Waals surface area contributed by atoms with Crippen LogP contribution in [0.3, 0.4) is 0 Å². The predicted molar refractivity (Wildman–Crippen MR) is 114 cm³/mol. The summed E-state index contributed by atoms with van der Waals surface area (Å²) < 4.78 is 12.9. The van der Waals surface area contributed by atoms with E-state index in [9.17, 15) is 4.79 Å². The summed E-state index contributed by atoms with van der Waals surface area (Å²) in [5.41, 5.74) is 2.43. The SMILES string of the molecule is COc1ccc(C)c2sc(N(Cc3ccco3)C(=O)c3ccc(Br)cc3)nc12. The Morgan fingerprint density at radius 3 is 2.68 bits per heavy atom. The molecule has 1 amide bonds. The Morgan fingerprint density at radius 1 is 1.21 bits per heavy atom. The zero-order valence-corrected chi connectivity index (χ0v) is 17.7. The van der Waals surface area contributed by atoms with E-state index in [0.717, 1.165) is 20.3 Å². The zero-order valence-electron chi connectivity index (χ0n) is 15.3. The molecule has 0 saturated carbocycles. The molecule has 0 fully saturated rings. The van der Waals surface area contributed by atoms with Crippen LogP contribution in [-0.4, -0.2) is 18.0 Å². The first-order valence-corrected chi connectivity index (χ1v) is 10.2. The van der Waals surface area contributed by atoms with Crippen molar-refractivity contribution in [3.05, 3.63) is 76.2 Å². The second-order valence-corrected chi connectivity index (χ2v) is 8.13. The molecule has 0 aliphatic rings. The molecule has 7 heteroatoms. The number of hydrogen-bond donors (Lipinski definition) is 0. The summed E-state index contributed by atoms with van der Waals surface area (Å²) in [6, 6.07) is 14.8. The van der Waals surface area contributed by atoms with E-state index in [1.807, 2.05) is 43.3 Å². The van der Waals surface area contributed by atoms with Gasteiger partial charge in [-0.1, -0.05) is 33.3 Å². The van der Waals surface area contributed by atoms with Gasteiger partial charge in [-0.2, -0.15) is 0 Å². The van der Waals surface area contributed by atoms with Crippen LogP contribution in [0.4, 0.5) is 5.13 Å². The molecule has 0 radical (unpaired) electrons. The number of nitrogens with zero attached hydrogens (tertiary/aromatic N) is 2. The lowest BCUT2D eigenvalue weighted by Gasteiger charge is -2.18. The van der Waals surface area contributed by atoms with Gasteiger partial charge in [0.05, 0.1) is 24.6 Å². The Labute approximate surface area is 174 Å². The van der Waals surface area contributed by atoms with Gasteiger partial charge in [0.1, 0.15) is 17.0 Å². The van der Waals surface area contributed by atoms with Gasteiger partial charge in [-0.25, -0.2) is 4.98 Å². The van der Waals surface area contributed by atoms with E-state index >= 15 is 0 Å². The van der Waals surface area contributed by atoms with E-state index in [2.05, 4.69) is 15.9 Å². The first-order chi connectivity index (χ1) is 13.6. The Balaban J connectivity index is 1.81. The topological polar surface area (TPSA) is 55.6 Å². The number of carbonyl (C=O) groups is 1. The summed E-state index contributed by atoms with van der Waals surface area (Å²) in [6.45, 7) is 2.32. The molecule has 0 N–H and O–H groups in total. The molecular weight excluding hydrogens is 440 g/mol. The molecule has 0 atom stereocenters. The fourth-order valence-electron chi connectivity index (χ4n) is 2.91. The number of aryl methyl sites for hydroxylation is 1. The van der Waals surface area contributed by atoms with Crippen molar-refractivity contribution < 1.29 is 13.9 Å². The van der Waals surface area contributed by atoms with Gasteiger partial charge >= 0.3 is 0 Å². The molecule has 4 rings (SSSR count). The van der Waals surface area contributed by atoms with E-state index in [-0.39, 0.29) is 5.91 Å². The van der Waals surface area contributed by atoms with Crippen molar-refractivity contribution in [3.63, 3.8) is 0 Å². The number of hydrogen-bond acceptors (Lipinski definition) is 5. The highest BCUT2D eigenvalue weighted by atomic mass is 79.9. The van der Waals surface area contributed by atoms with Crippen LogP contribution in [0.2, 0.25) is 0 Å². The summed E-state index contributed by atoms with van der Waals surface area (Å²) in [5.74, 6) is 1.24. The Bertz CT molecular complexity index is 1120. The average molecular weight is 457 g/mol. The summed E-state index contributed by atoms with van der Waals surface area (Å²) in [5, 5.41) is 0.604. The molecule has 2 heterocycles. The van der Waals surface area contributed by atoms with Crippen LogP contribution in [0.25, 0.3) is 10.2 Å². The van der Waals surface area contributed by atoms with Crippen molar-refractivity contribution in [1.29, 1.82) is 0 Å². The number of amides is 1. The Hall–Kier alpha value is -2.64. The molecule has 0 unspecified atom stereocenters. The third kappa shape index (κ3) is 3.55. The molecule has 0 aliphatic heterocycles. The zero-order chi connectivity index (χ0) is 19.7. The van der Waals surface area contributed by atoms with Gasteiger partial charge in [0.15, 0.2) is 5.13 Å². The number of benzene rings is 2. The number of fused-ring (bicyclic) bond motifs is 1. The molecule has 2 aromatic heterocycles. The molecule has 2 aromatic carbocycles. The monoisotopic (exact) mass is 456 g/mol. The normalized spacial score (nSPS) is 11.0. The van der Waals surface area contributed by atoms with Crippen molar-refractivity contribution in [3.8, 4) is 5.75 Å². The minimum atomic E-state index is -0.139. The Kier molecular flexibility index (Phi) is 5.19. The number of anilines is 1. The minimum Gasteiger partial charge on any atom is -0.494 e. The molecule has 4 aromatic rings. The largest absolute Gasteiger partial charge is 0.494 e. The number of furan rings is 1. The van der Waals surface area contributed by atoms with Crippen LogP contribution >= 0.6 is 27.3 Å². The van der Waals surface area contributed by atoms with Crippen LogP contribution < -0.4 is 9.64 Å². The van der Waals surface area contributed by atoms with Crippen LogP contribution in [0.15, 0.2) is 63.7 Å². The number of thiazole rings is 1. The van der Waals surface area contributed by atoms with Gasteiger partial charge < -0.3 is 9.15 Å². The molecule has 142 valence electrons. The smallest absolute Gasteiger partial charge is 0.260 e. The van der Waals surface area contributed by atoms with Gasteiger partial charge in [-0.3, -0.25) is 9.69 Å². The summed E-state index contributed by atoms with van der Waals surface area (Å²) in [7, 11) is 1.62. The first kappa shape index (κ1) is 18.7. The van der Waals surface area contributed by atoms with E-state index in [1.54, 1.807) is 30.4 Å². The number of aromatic nitrogens is 1. The summed E-state index contributed by atoms with van der Waals surface area (Å²) >= 11 is 4.88. The number of halogens is 1. The summed E-state index contributed by atoms with van der Waals surface area (Å²) in [4.78, 5) is 19.7. The van der Waals surface area contributed by atoms with Crippen molar-refractivity contribution >= 4 is 48.5 Å². The van der Waals surface area contributed by atoms with E-state index in [1.165, 1.54) is 11.3 Å². The van der Waals surface area contributed by atoms with Crippen molar-refractivity contribution in [2.24, 2.45) is 0 Å². The van der Waals surface area contributed by atoms with Crippen LogP contribution in [0.1, 0.15) is 21.7 Å². The van der Waals surface area contributed by atoms with E-state index in [4.69, 9.17) is 14.1 Å². The molecular formula is C21H17BrN2O3S. The molecule has 5 nitrogen and oxygen atoms in total. The maximum absolute atomic E-state index is 13.3. The second-order valence-electron chi connectivity index (χ2n) is 6.24. The first-order valence-electron chi connectivity index (χ1n) is 8.61. The highest BCUT2D eigenvalue weighted by Gasteiger charge is 2.24. The summed E-state index contributed by atoms with van der Waals surface area (Å²) in [6.07, 6.45) is 1.60. The quantitative estimate of drug-likeness (QED) is 0.379. The number of rotatable bonds is 5. The van der Waals surface area contributed by atoms with Crippen LogP contribution in [0, 0.1) is 6.92 Å². The lowest BCUT2D eigenvalue weighted by Crippen LogP contribution is -2.30. The average Bonchev–Trinajstić information content (AvgIpc) is 3.37. The maximum Gasteiger partial charge on any atom is 0.260 e.